The molecule has 4 rings (SSSR count). The summed E-state index contributed by atoms with van der Waals surface area (Å²) in [6, 6.07) is 6.01. The molecule has 2 saturated heterocycles. The number of hydrogen-bond donors (Lipinski definition) is 0. The van der Waals surface area contributed by atoms with E-state index in [9.17, 15) is 0 Å². The summed E-state index contributed by atoms with van der Waals surface area (Å²) in [5.41, 5.74) is 2.52. The van der Waals surface area contributed by atoms with Gasteiger partial charge in [0.1, 0.15) is 5.76 Å². The van der Waals surface area contributed by atoms with Gasteiger partial charge >= 0.3 is 0 Å². The van der Waals surface area contributed by atoms with Gasteiger partial charge in [0.15, 0.2) is 0 Å². The van der Waals surface area contributed by atoms with Gasteiger partial charge in [-0.25, -0.2) is 0 Å². The lowest BCUT2D eigenvalue weighted by Gasteiger charge is -2.38. The summed E-state index contributed by atoms with van der Waals surface area (Å²) in [5, 5.41) is 4.11. The van der Waals surface area contributed by atoms with Crippen LogP contribution in [0, 0.1) is 12.3 Å². The van der Waals surface area contributed by atoms with E-state index in [1.807, 2.05) is 25.1 Å². The molecule has 0 amide bonds. The standard InChI is InChI=1S/C20H27N3O3/c1-16-10-18(22-26-16)12-23-8-4-20(5-9-23)11-19(25-15-20)14-24-13-17-2-6-21-7-3-17/h2-3,6-7,10,19H,4-5,8-9,11-15H2,1H3/t19-/m0/s1. The van der Waals surface area contributed by atoms with Crippen molar-refractivity contribution in [3.05, 3.63) is 47.6 Å². The molecule has 2 aromatic heterocycles. The number of aryl methyl sites for hydroxylation is 1. The molecule has 6 heteroatoms. The number of rotatable bonds is 6. The molecule has 0 radical (unpaired) electrons. The van der Waals surface area contributed by atoms with Crippen molar-refractivity contribution in [2.45, 2.75) is 45.4 Å². The molecular formula is C20H27N3O3. The average molecular weight is 357 g/mol. The third-order valence-electron chi connectivity index (χ3n) is 5.59. The third-order valence-corrected chi connectivity index (χ3v) is 5.59. The SMILES string of the molecule is Cc1cc(CN2CCC3(CC2)CO[C@H](COCc2ccncc2)C3)no1. The lowest BCUT2D eigenvalue weighted by molar-refractivity contribution is 0.00630. The van der Waals surface area contributed by atoms with Gasteiger partial charge in [-0.3, -0.25) is 9.88 Å². The van der Waals surface area contributed by atoms with Crippen molar-refractivity contribution < 1.29 is 14.0 Å². The largest absolute Gasteiger partial charge is 0.375 e. The van der Waals surface area contributed by atoms with E-state index in [4.69, 9.17) is 14.0 Å². The first kappa shape index (κ1) is 17.6. The highest BCUT2D eigenvalue weighted by Gasteiger charge is 2.42. The van der Waals surface area contributed by atoms with Gasteiger partial charge in [0.25, 0.3) is 0 Å². The van der Waals surface area contributed by atoms with E-state index in [1.54, 1.807) is 12.4 Å². The predicted octanol–water partition coefficient (Wildman–Crippen LogP) is 2.97. The van der Waals surface area contributed by atoms with Gasteiger partial charge in [0, 0.05) is 25.0 Å². The molecule has 0 bridgehead atoms. The molecule has 4 heterocycles. The number of hydrogen-bond acceptors (Lipinski definition) is 6. The first-order chi connectivity index (χ1) is 12.7. The zero-order valence-electron chi connectivity index (χ0n) is 15.4. The van der Waals surface area contributed by atoms with E-state index >= 15 is 0 Å². The summed E-state index contributed by atoms with van der Waals surface area (Å²) in [4.78, 5) is 6.50. The number of piperidine rings is 1. The van der Waals surface area contributed by atoms with Crippen LogP contribution in [0.25, 0.3) is 0 Å². The Bertz CT molecular complexity index is 695. The zero-order valence-corrected chi connectivity index (χ0v) is 15.4. The summed E-state index contributed by atoms with van der Waals surface area (Å²) in [6.45, 7) is 7.18. The average Bonchev–Trinajstić information content (AvgIpc) is 3.25. The van der Waals surface area contributed by atoms with Crippen LogP contribution >= 0.6 is 0 Å². The molecule has 0 saturated carbocycles. The number of ether oxygens (including phenoxy) is 2. The minimum absolute atomic E-state index is 0.224. The lowest BCUT2D eigenvalue weighted by atomic mass is 9.76. The first-order valence-corrected chi connectivity index (χ1v) is 9.44. The number of likely N-dealkylation sites (tertiary alicyclic amines) is 1. The van der Waals surface area contributed by atoms with Crippen LogP contribution in [0.3, 0.4) is 0 Å². The fourth-order valence-electron chi connectivity index (χ4n) is 4.05. The zero-order chi connectivity index (χ0) is 17.8. The Hall–Kier alpha value is -1.76. The van der Waals surface area contributed by atoms with Crippen molar-refractivity contribution in [2.75, 3.05) is 26.3 Å². The maximum absolute atomic E-state index is 6.06. The second-order valence-electron chi connectivity index (χ2n) is 7.71. The Morgan fingerprint density at radius 1 is 1.27 bits per heavy atom. The van der Waals surface area contributed by atoms with Crippen LogP contribution in [0.2, 0.25) is 0 Å². The molecule has 140 valence electrons. The second-order valence-corrected chi connectivity index (χ2v) is 7.71. The van der Waals surface area contributed by atoms with Crippen molar-refractivity contribution in [3.8, 4) is 0 Å². The van der Waals surface area contributed by atoms with Crippen LogP contribution in [0.15, 0.2) is 35.1 Å². The van der Waals surface area contributed by atoms with Gasteiger partial charge in [0.05, 0.1) is 31.6 Å². The van der Waals surface area contributed by atoms with Gasteiger partial charge in [-0.2, -0.15) is 0 Å². The number of pyridine rings is 1. The monoisotopic (exact) mass is 357 g/mol. The van der Waals surface area contributed by atoms with Crippen molar-refractivity contribution >= 4 is 0 Å². The highest BCUT2D eigenvalue weighted by molar-refractivity contribution is 5.08. The molecule has 1 spiro atoms. The summed E-state index contributed by atoms with van der Waals surface area (Å²) in [7, 11) is 0. The molecule has 0 aromatic carbocycles. The lowest BCUT2D eigenvalue weighted by Crippen LogP contribution is -2.40. The molecule has 1 atom stereocenters. The van der Waals surface area contributed by atoms with Crippen LogP contribution in [0.5, 0.6) is 0 Å². The Balaban J connectivity index is 1.20. The van der Waals surface area contributed by atoms with Gasteiger partial charge < -0.3 is 14.0 Å². The molecule has 2 fully saturated rings. The first-order valence-electron chi connectivity index (χ1n) is 9.44. The highest BCUT2D eigenvalue weighted by Crippen LogP contribution is 2.42. The second kappa shape index (κ2) is 7.86. The number of nitrogens with zero attached hydrogens (tertiary/aromatic N) is 3. The molecule has 0 aliphatic carbocycles. The molecule has 26 heavy (non-hydrogen) atoms. The van der Waals surface area contributed by atoms with Gasteiger partial charge in [-0.15, -0.1) is 0 Å². The van der Waals surface area contributed by atoms with E-state index < -0.39 is 0 Å². The van der Waals surface area contributed by atoms with E-state index in [1.165, 1.54) is 12.8 Å². The smallest absolute Gasteiger partial charge is 0.133 e. The van der Waals surface area contributed by atoms with Gasteiger partial charge in [-0.05, 0) is 62.4 Å². The molecular weight excluding hydrogens is 330 g/mol. The van der Waals surface area contributed by atoms with E-state index in [-0.39, 0.29) is 6.10 Å². The van der Waals surface area contributed by atoms with Crippen molar-refractivity contribution in [1.29, 1.82) is 0 Å². The van der Waals surface area contributed by atoms with E-state index in [0.717, 1.165) is 49.7 Å². The summed E-state index contributed by atoms with van der Waals surface area (Å²) >= 11 is 0. The molecule has 0 N–H and O–H groups in total. The Morgan fingerprint density at radius 2 is 2.08 bits per heavy atom. The molecule has 0 unspecified atom stereocenters. The quantitative estimate of drug-likeness (QED) is 0.792. The van der Waals surface area contributed by atoms with Crippen LogP contribution in [-0.2, 0) is 22.6 Å². The summed E-state index contributed by atoms with van der Waals surface area (Å²) in [5.74, 6) is 0.882. The Kier molecular flexibility index (Phi) is 5.33. The maximum Gasteiger partial charge on any atom is 0.133 e. The van der Waals surface area contributed by atoms with Crippen LogP contribution in [-0.4, -0.2) is 47.4 Å². The third kappa shape index (κ3) is 4.31. The van der Waals surface area contributed by atoms with Crippen molar-refractivity contribution in [2.24, 2.45) is 5.41 Å². The molecule has 6 nitrogen and oxygen atoms in total. The van der Waals surface area contributed by atoms with Crippen molar-refractivity contribution in [3.63, 3.8) is 0 Å². The van der Waals surface area contributed by atoms with Gasteiger partial charge in [-0.1, -0.05) is 5.16 Å². The minimum Gasteiger partial charge on any atom is -0.375 e. The summed E-state index contributed by atoms with van der Waals surface area (Å²) in [6.07, 6.45) is 7.30. The predicted molar refractivity (Wildman–Crippen MR) is 96.4 cm³/mol. The van der Waals surface area contributed by atoms with Crippen molar-refractivity contribution in [1.82, 2.24) is 15.0 Å². The number of aromatic nitrogens is 2. The highest BCUT2D eigenvalue weighted by atomic mass is 16.5. The van der Waals surface area contributed by atoms with Crippen LogP contribution in [0.4, 0.5) is 0 Å². The van der Waals surface area contributed by atoms with Crippen LogP contribution < -0.4 is 0 Å². The fraction of sp³-hybridized carbons (Fsp3) is 0.600. The molecule has 2 aliphatic rings. The normalized spacial score (nSPS) is 22.9. The molecule has 2 aromatic rings. The van der Waals surface area contributed by atoms with E-state index in [0.29, 0.717) is 18.6 Å². The fourth-order valence-corrected chi connectivity index (χ4v) is 4.05. The van der Waals surface area contributed by atoms with Gasteiger partial charge in [0.2, 0.25) is 0 Å². The minimum atomic E-state index is 0.224. The summed E-state index contributed by atoms with van der Waals surface area (Å²) < 4.78 is 17.1. The Morgan fingerprint density at radius 3 is 2.81 bits per heavy atom. The van der Waals surface area contributed by atoms with Crippen LogP contribution in [0.1, 0.15) is 36.3 Å². The van der Waals surface area contributed by atoms with E-state index in [2.05, 4.69) is 15.0 Å². The molecule has 2 aliphatic heterocycles. The topological polar surface area (TPSA) is 60.6 Å². The maximum atomic E-state index is 6.06. The Labute approximate surface area is 154 Å².